The van der Waals surface area contributed by atoms with Crippen molar-refractivity contribution in [2.24, 2.45) is 0 Å². The Bertz CT molecular complexity index is 3440. The maximum atomic E-state index is 6.50. The topological polar surface area (TPSA) is 51.8 Å². The first-order valence-corrected chi connectivity index (χ1v) is 20.3. The van der Waals surface area contributed by atoms with Crippen LogP contribution < -0.4 is 0 Å². The lowest BCUT2D eigenvalue weighted by Crippen LogP contribution is -2.18. The lowest BCUT2D eigenvalue weighted by atomic mass is 9.78. The third-order valence-corrected chi connectivity index (χ3v) is 12.3. The Morgan fingerprint density at radius 2 is 1.10 bits per heavy atom. The minimum absolute atomic E-state index is 0.327. The third kappa shape index (κ3) is 5.56. The molecule has 0 atom stereocenters. The van der Waals surface area contributed by atoms with E-state index in [0.29, 0.717) is 17.5 Å². The first kappa shape index (κ1) is 35.5. The van der Waals surface area contributed by atoms with Gasteiger partial charge in [-0.1, -0.05) is 173 Å². The molecule has 2 aromatic heterocycles. The van der Waals surface area contributed by atoms with Crippen LogP contribution in [0.1, 0.15) is 25.0 Å². The lowest BCUT2D eigenvalue weighted by molar-refractivity contribution is 0.655. The van der Waals surface area contributed by atoms with E-state index in [1.165, 1.54) is 21.5 Å². The van der Waals surface area contributed by atoms with Gasteiger partial charge in [0.2, 0.25) is 0 Å². The van der Waals surface area contributed by atoms with Gasteiger partial charge in [0.15, 0.2) is 17.5 Å². The van der Waals surface area contributed by atoms with Crippen LogP contribution in [0.25, 0.3) is 105 Å². The van der Waals surface area contributed by atoms with Crippen LogP contribution in [0, 0.1) is 0 Å². The van der Waals surface area contributed by atoms with Crippen molar-refractivity contribution < 1.29 is 4.42 Å². The summed E-state index contributed by atoms with van der Waals surface area (Å²) in [7, 11) is 0. The van der Waals surface area contributed by atoms with Crippen molar-refractivity contribution in [3.05, 3.63) is 206 Å². The first-order chi connectivity index (χ1) is 29.4. The SMILES string of the molecule is C=CC1=C(C=C)C(C)(C)c2c1cccc2-c1nc(-c2ccccc2)nc(-c2cccc(-c3cccc4oc5ccc(-c6ccc7c(ccc8ccccc87)c6)cc5c34)c2)n1. The molecule has 0 amide bonds. The van der Waals surface area contributed by atoms with Crippen molar-refractivity contribution in [2.45, 2.75) is 19.3 Å². The van der Waals surface area contributed by atoms with Gasteiger partial charge in [-0.25, -0.2) is 15.0 Å². The zero-order valence-electron chi connectivity index (χ0n) is 33.4. The molecule has 8 aromatic carbocycles. The number of nitrogens with zero attached hydrogens (tertiary/aromatic N) is 3. The van der Waals surface area contributed by atoms with Crippen molar-refractivity contribution in [1.82, 2.24) is 15.0 Å². The predicted molar refractivity (Wildman–Crippen MR) is 250 cm³/mol. The highest BCUT2D eigenvalue weighted by Crippen LogP contribution is 2.50. The fourth-order valence-electron chi connectivity index (χ4n) is 9.45. The predicted octanol–water partition coefficient (Wildman–Crippen LogP) is 14.8. The summed E-state index contributed by atoms with van der Waals surface area (Å²) in [6.45, 7) is 12.8. The van der Waals surface area contributed by atoms with E-state index in [4.69, 9.17) is 19.4 Å². The van der Waals surface area contributed by atoms with Gasteiger partial charge in [-0.3, -0.25) is 0 Å². The molecule has 0 spiro atoms. The van der Waals surface area contributed by atoms with Crippen molar-refractivity contribution >= 4 is 49.1 Å². The zero-order valence-corrected chi connectivity index (χ0v) is 33.4. The van der Waals surface area contributed by atoms with E-state index in [2.05, 4.69) is 160 Å². The molecule has 0 radical (unpaired) electrons. The molecule has 0 N–H and O–H groups in total. The highest BCUT2D eigenvalue weighted by Gasteiger charge is 2.38. The highest BCUT2D eigenvalue weighted by molar-refractivity contribution is 6.14. The standard InChI is InChI=1S/C56H39N3O/c1-5-41-45-22-13-23-46(52(45)56(3,4)48(41)6-2)55-58-53(35-16-8-7-9-17-35)57-54(59-55)40-19-12-18-38(32-40)44-21-14-24-50-51(44)47-33-37(28-30-49(47)60-50)36-27-29-43-39(31-36)26-25-34-15-10-11-20-42(34)43/h5-33H,1-2H2,3-4H3. The summed E-state index contributed by atoms with van der Waals surface area (Å²) >= 11 is 0. The van der Waals surface area contributed by atoms with E-state index in [1.807, 2.05) is 42.5 Å². The van der Waals surface area contributed by atoms with Crippen LogP contribution in [0.15, 0.2) is 199 Å². The molecule has 0 aliphatic heterocycles. The number of fused-ring (bicyclic) bond motifs is 7. The number of benzene rings is 8. The van der Waals surface area contributed by atoms with E-state index >= 15 is 0 Å². The van der Waals surface area contributed by atoms with Gasteiger partial charge < -0.3 is 4.42 Å². The van der Waals surface area contributed by atoms with Gasteiger partial charge in [-0.2, -0.15) is 0 Å². The zero-order chi connectivity index (χ0) is 40.5. The van der Waals surface area contributed by atoms with Crippen LogP contribution in [0.3, 0.4) is 0 Å². The number of hydrogen-bond acceptors (Lipinski definition) is 4. The summed E-state index contributed by atoms with van der Waals surface area (Å²) in [5.41, 5.74) is 13.1. The summed E-state index contributed by atoms with van der Waals surface area (Å²) in [5, 5.41) is 7.14. The Hall–Kier alpha value is -7.69. The maximum Gasteiger partial charge on any atom is 0.164 e. The number of hydrogen-bond donors (Lipinski definition) is 0. The molecule has 284 valence electrons. The Morgan fingerprint density at radius 3 is 1.95 bits per heavy atom. The highest BCUT2D eigenvalue weighted by atomic mass is 16.3. The first-order valence-electron chi connectivity index (χ1n) is 20.3. The van der Waals surface area contributed by atoms with E-state index in [0.717, 1.165) is 83.2 Å². The molecule has 4 heteroatoms. The Kier molecular flexibility index (Phi) is 8.11. The van der Waals surface area contributed by atoms with E-state index in [9.17, 15) is 0 Å². The average molecular weight is 770 g/mol. The molecule has 10 aromatic rings. The number of aromatic nitrogens is 3. The van der Waals surface area contributed by atoms with Crippen molar-refractivity contribution in [1.29, 1.82) is 0 Å². The van der Waals surface area contributed by atoms with Crippen LogP contribution in [0.4, 0.5) is 0 Å². The summed E-state index contributed by atoms with van der Waals surface area (Å²) in [4.78, 5) is 15.5. The molecular weight excluding hydrogens is 731 g/mol. The smallest absolute Gasteiger partial charge is 0.164 e. The monoisotopic (exact) mass is 769 g/mol. The van der Waals surface area contributed by atoms with Gasteiger partial charge in [-0.05, 0) is 96.4 Å². The molecule has 2 heterocycles. The summed E-state index contributed by atoms with van der Waals surface area (Å²) in [6, 6.07) is 57.6. The van der Waals surface area contributed by atoms with Gasteiger partial charge in [0.1, 0.15) is 11.2 Å². The number of furan rings is 1. The minimum Gasteiger partial charge on any atom is -0.456 e. The van der Waals surface area contributed by atoms with Gasteiger partial charge in [0, 0.05) is 32.9 Å². The summed E-state index contributed by atoms with van der Waals surface area (Å²) < 4.78 is 6.50. The molecule has 4 nitrogen and oxygen atoms in total. The Labute approximate surface area is 348 Å². The van der Waals surface area contributed by atoms with Crippen LogP contribution in [0.5, 0.6) is 0 Å². The van der Waals surface area contributed by atoms with Crippen LogP contribution in [-0.2, 0) is 5.41 Å². The lowest BCUT2D eigenvalue weighted by Gasteiger charge is -2.25. The number of allylic oxidation sites excluding steroid dienone is 4. The molecule has 0 unspecified atom stereocenters. The Morgan fingerprint density at radius 1 is 0.450 bits per heavy atom. The van der Waals surface area contributed by atoms with Crippen LogP contribution in [0.2, 0.25) is 0 Å². The molecule has 1 aliphatic carbocycles. The van der Waals surface area contributed by atoms with Crippen LogP contribution >= 0.6 is 0 Å². The van der Waals surface area contributed by atoms with E-state index in [-0.39, 0.29) is 5.41 Å². The van der Waals surface area contributed by atoms with Crippen molar-refractivity contribution in [2.75, 3.05) is 0 Å². The van der Waals surface area contributed by atoms with Gasteiger partial charge >= 0.3 is 0 Å². The molecule has 1 aliphatic rings. The molecule has 0 saturated heterocycles. The second-order valence-corrected chi connectivity index (χ2v) is 16.1. The van der Waals surface area contributed by atoms with Crippen molar-refractivity contribution in [3.8, 4) is 56.4 Å². The summed E-state index contributed by atoms with van der Waals surface area (Å²) in [5.74, 6) is 1.85. The second kappa shape index (κ2) is 13.7. The van der Waals surface area contributed by atoms with Gasteiger partial charge in [-0.15, -0.1) is 0 Å². The molecule has 0 bridgehead atoms. The maximum absolute atomic E-state index is 6.50. The molecular formula is C56H39N3O. The van der Waals surface area contributed by atoms with Gasteiger partial charge in [0.25, 0.3) is 0 Å². The molecule has 0 saturated carbocycles. The molecule has 0 fully saturated rings. The minimum atomic E-state index is -0.327. The third-order valence-electron chi connectivity index (χ3n) is 12.3. The van der Waals surface area contributed by atoms with Crippen LogP contribution in [-0.4, -0.2) is 15.0 Å². The van der Waals surface area contributed by atoms with E-state index < -0.39 is 0 Å². The summed E-state index contributed by atoms with van der Waals surface area (Å²) in [6.07, 6.45) is 3.89. The normalized spacial score (nSPS) is 13.4. The fourth-order valence-corrected chi connectivity index (χ4v) is 9.45. The molecule has 60 heavy (non-hydrogen) atoms. The Balaban J connectivity index is 1.05. The largest absolute Gasteiger partial charge is 0.456 e. The quantitative estimate of drug-likeness (QED) is 0.152. The fraction of sp³-hybridized carbons (Fsp3) is 0.0536. The van der Waals surface area contributed by atoms with E-state index in [1.54, 1.807) is 0 Å². The average Bonchev–Trinajstić information content (AvgIpc) is 3.79. The second-order valence-electron chi connectivity index (χ2n) is 16.1. The van der Waals surface area contributed by atoms with Crippen molar-refractivity contribution in [3.63, 3.8) is 0 Å². The number of rotatable bonds is 7. The molecule has 11 rings (SSSR count). The van der Waals surface area contributed by atoms with Gasteiger partial charge in [0.05, 0.1) is 0 Å².